The lowest BCUT2D eigenvalue weighted by Gasteiger charge is -2.04. The van der Waals surface area contributed by atoms with Crippen LogP contribution in [0.4, 0.5) is 0 Å². The Bertz CT molecular complexity index is 319. The summed E-state index contributed by atoms with van der Waals surface area (Å²) in [7, 11) is 0. The van der Waals surface area contributed by atoms with Gasteiger partial charge < -0.3 is 5.32 Å². The zero-order valence-electron chi connectivity index (χ0n) is 8.90. The largest absolute Gasteiger partial charge is 0.361 e. The predicted octanol–water partition coefficient (Wildman–Crippen LogP) is 2.76. The molecule has 2 heterocycles. The van der Waals surface area contributed by atoms with E-state index in [4.69, 9.17) is 0 Å². The molecule has 0 aromatic carbocycles. The summed E-state index contributed by atoms with van der Waals surface area (Å²) < 4.78 is 0. The molecule has 1 atom stereocenters. The molecule has 0 amide bonds. The van der Waals surface area contributed by atoms with Gasteiger partial charge >= 0.3 is 0 Å². The van der Waals surface area contributed by atoms with Crippen LogP contribution >= 0.6 is 23.1 Å². The average molecular weight is 240 g/mol. The lowest BCUT2D eigenvalue weighted by molar-refractivity contribution is 0.667. The van der Waals surface area contributed by atoms with E-state index in [1.54, 1.807) is 0 Å². The first-order chi connectivity index (χ1) is 7.38. The van der Waals surface area contributed by atoms with Crippen LogP contribution in [0.5, 0.6) is 0 Å². The minimum absolute atomic E-state index is 0.635. The molecule has 2 nitrogen and oxygen atoms in total. The summed E-state index contributed by atoms with van der Waals surface area (Å²) >= 11 is 3.67. The number of hydrogen-bond donors (Lipinski definition) is 1. The van der Waals surface area contributed by atoms with Crippen molar-refractivity contribution in [2.75, 3.05) is 12.3 Å². The summed E-state index contributed by atoms with van der Waals surface area (Å²) in [6, 6.07) is 4.91. The van der Waals surface area contributed by atoms with E-state index >= 15 is 0 Å². The normalized spacial score (nSPS) is 23.3. The maximum atomic E-state index is 4.57. The monoisotopic (exact) mass is 240 g/mol. The summed E-state index contributed by atoms with van der Waals surface area (Å²) in [4.78, 5) is 6.00. The van der Waals surface area contributed by atoms with E-state index in [-0.39, 0.29) is 0 Å². The Morgan fingerprint density at radius 3 is 3.20 bits per heavy atom. The quantitative estimate of drug-likeness (QED) is 0.875. The number of hydrogen-bond acceptors (Lipinski definition) is 3. The SMILES string of the molecule is CCC1CSC(=NCCc2cccs2)N1. The summed E-state index contributed by atoms with van der Waals surface area (Å²) in [5.41, 5.74) is 0. The van der Waals surface area contributed by atoms with Gasteiger partial charge in [0, 0.05) is 29.6 Å². The van der Waals surface area contributed by atoms with Crippen LogP contribution in [-0.2, 0) is 6.42 Å². The van der Waals surface area contributed by atoms with Gasteiger partial charge in [0.05, 0.1) is 0 Å². The second-order valence-corrected chi connectivity index (χ2v) is 5.62. The van der Waals surface area contributed by atoms with Gasteiger partial charge in [-0.15, -0.1) is 11.3 Å². The lowest BCUT2D eigenvalue weighted by atomic mass is 10.3. The lowest BCUT2D eigenvalue weighted by Crippen LogP contribution is -2.25. The van der Waals surface area contributed by atoms with Gasteiger partial charge in [0.25, 0.3) is 0 Å². The van der Waals surface area contributed by atoms with E-state index in [1.165, 1.54) is 17.1 Å². The summed E-state index contributed by atoms with van der Waals surface area (Å²) in [5.74, 6) is 1.17. The van der Waals surface area contributed by atoms with Gasteiger partial charge in [-0.2, -0.15) is 0 Å². The van der Waals surface area contributed by atoms with Crippen LogP contribution in [0.1, 0.15) is 18.2 Å². The Hall–Kier alpha value is -0.480. The molecule has 1 saturated heterocycles. The molecule has 1 aliphatic heterocycles. The number of thiophene rings is 1. The Morgan fingerprint density at radius 2 is 2.53 bits per heavy atom. The smallest absolute Gasteiger partial charge is 0.156 e. The highest BCUT2D eigenvalue weighted by atomic mass is 32.2. The molecule has 1 fully saturated rings. The van der Waals surface area contributed by atoms with Gasteiger partial charge in [0.2, 0.25) is 0 Å². The fraction of sp³-hybridized carbons (Fsp3) is 0.545. The molecule has 1 aromatic heterocycles. The second kappa shape index (κ2) is 5.56. The fourth-order valence-corrected chi connectivity index (χ4v) is 3.28. The molecule has 4 heteroatoms. The van der Waals surface area contributed by atoms with Gasteiger partial charge in [-0.3, -0.25) is 4.99 Å². The average Bonchev–Trinajstić information content (AvgIpc) is 2.88. The van der Waals surface area contributed by atoms with E-state index in [2.05, 4.69) is 34.7 Å². The van der Waals surface area contributed by atoms with E-state index in [0.717, 1.165) is 18.1 Å². The molecule has 0 radical (unpaired) electrons. The Morgan fingerprint density at radius 1 is 1.60 bits per heavy atom. The van der Waals surface area contributed by atoms with Gasteiger partial charge in [0.15, 0.2) is 5.17 Å². The molecular weight excluding hydrogens is 224 g/mol. The maximum absolute atomic E-state index is 4.57. The van der Waals surface area contributed by atoms with Crippen molar-refractivity contribution in [3.05, 3.63) is 22.4 Å². The van der Waals surface area contributed by atoms with Crippen LogP contribution in [0.3, 0.4) is 0 Å². The van der Waals surface area contributed by atoms with Crippen molar-refractivity contribution in [1.29, 1.82) is 0 Å². The molecule has 82 valence electrons. The summed E-state index contributed by atoms with van der Waals surface area (Å²) in [6.07, 6.45) is 2.26. The van der Waals surface area contributed by atoms with Crippen molar-refractivity contribution < 1.29 is 0 Å². The van der Waals surface area contributed by atoms with E-state index in [1.807, 2.05) is 23.1 Å². The Labute approximate surface area is 99.2 Å². The molecule has 1 N–H and O–H groups in total. The van der Waals surface area contributed by atoms with Gasteiger partial charge in [-0.05, 0) is 17.9 Å². The molecule has 0 saturated carbocycles. The first-order valence-electron chi connectivity index (χ1n) is 5.34. The van der Waals surface area contributed by atoms with Crippen LogP contribution in [0.2, 0.25) is 0 Å². The van der Waals surface area contributed by atoms with Crippen molar-refractivity contribution in [3.63, 3.8) is 0 Å². The van der Waals surface area contributed by atoms with Crippen LogP contribution in [0.15, 0.2) is 22.5 Å². The third-order valence-electron chi connectivity index (χ3n) is 2.44. The Balaban J connectivity index is 1.75. The Kier molecular flexibility index (Phi) is 4.09. The highest BCUT2D eigenvalue weighted by molar-refractivity contribution is 8.14. The van der Waals surface area contributed by atoms with E-state index in [9.17, 15) is 0 Å². The topological polar surface area (TPSA) is 24.4 Å². The van der Waals surface area contributed by atoms with Crippen molar-refractivity contribution in [2.45, 2.75) is 25.8 Å². The number of amidine groups is 1. The molecule has 1 aromatic rings. The van der Waals surface area contributed by atoms with Gasteiger partial charge in [-0.25, -0.2) is 0 Å². The van der Waals surface area contributed by atoms with E-state index < -0.39 is 0 Å². The summed E-state index contributed by atoms with van der Waals surface area (Å²) in [5, 5.41) is 6.70. The minimum atomic E-state index is 0.635. The highest BCUT2D eigenvalue weighted by Gasteiger charge is 2.17. The van der Waals surface area contributed by atoms with Crippen LogP contribution in [-0.4, -0.2) is 23.5 Å². The molecular formula is C11H16N2S2. The van der Waals surface area contributed by atoms with Crippen molar-refractivity contribution >= 4 is 28.3 Å². The molecule has 1 aliphatic rings. The number of rotatable bonds is 4. The van der Waals surface area contributed by atoms with E-state index in [0.29, 0.717) is 6.04 Å². The second-order valence-electron chi connectivity index (χ2n) is 3.58. The van der Waals surface area contributed by atoms with Gasteiger partial charge in [0.1, 0.15) is 0 Å². The standard InChI is InChI=1S/C11H16N2S2/c1-2-9-8-15-11(13-9)12-6-5-10-4-3-7-14-10/h3-4,7,9H,2,5-6,8H2,1H3,(H,12,13). The minimum Gasteiger partial charge on any atom is -0.361 e. The number of aliphatic imine (C=N–C) groups is 1. The third kappa shape index (κ3) is 3.24. The maximum Gasteiger partial charge on any atom is 0.156 e. The molecule has 1 unspecified atom stereocenters. The molecule has 2 rings (SSSR count). The van der Waals surface area contributed by atoms with Gasteiger partial charge in [-0.1, -0.05) is 24.8 Å². The number of thioether (sulfide) groups is 1. The third-order valence-corrected chi connectivity index (χ3v) is 4.46. The predicted molar refractivity (Wildman–Crippen MR) is 70.0 cm³/mol. The highest BCUT2D eigenvalue weighted by Crippen LogP contribution is 2.16. The van der Waals surface area contributed by atoms with Crippen molar-refractivity contribution in [1.82, 2.24) is 5.32 Å². The molecule has 0 spiro atoms. The summed E-state index contributed by atoms with van der Waals surface area (Å²) in [6.45, 7) is 3.12. The zero-order chi connectivity index (χ0) is 10.5. The molecule has 0 bridgehead atoms. The van der Waals surface area contributed by atoms with Crippen molar-refractivity contribution in [2.24, 2.45) is 4.99 Å². The zero-order valence-corrected chi connectivity index (χ0v) is 10.5. The van der Waals surface area contributed by atoms with Crippen LogP contribution in [0.25, 0.3) is 0 Å². The fourth-order valence-electron chi connectivity index (χ4n) is 1.47. The molecule has 15 heavy (non-hydrogen) atoms. The number of nitrogens with zero attached hydrogens (tertiary/aromatic N) is 1. The van der Waals surface area contributed by atoms with Crippen LogP contribution in [0, 0.1) is 0 Å². The number of nitrogens with one attached hydrogen (secondary N) is 1. The van der Waals surface area contributed by atoms with Crippen LogP contribution < -0.4 is 5.32 Å². The first kappa shape index (κ1) is 11.0. The van der Waals surface area contributed by atoms with Crippen molar-refractivity contribution in [3.8, 4) is 0 Å². The molecule has 0 aliphatic carbocycles. The first-order valence-corrected chi connectivity index (χ1v) is 7.21.